The van der Waals surface area contributed by atoms with Gasteiger partial charge < -0.3 is 10.8 Å². The van der Waals surface area contributed by atoms with Gasteiger partial charge in [0.2, 0.25) is 0 Å². The van der Waals surface area contributed by atoms with Crippen molar-refractivity contribution in [3.63, 3.8) is 0 Å². The highest BCUT2D eigenvalue weighted by Crippen LogP contribution is 2.10. The lowest BCUT2D eigenvalue weighted by Crippen LogP contribution is -2.14. The maximum atomic E-state index is 9.46. The van der Waals surface area contributed by atoms with E-state index in [9.17, 15) is 5.11 Å². The van der Waals surface area contributed by atoms with Crippen molar-refractivity contribution in [2.24, 2.45) is 5.73 Å². The van der Waals surface area contributed by atoms with Crippen LogP contribution in [0.2, 0.25) is 0 Å². The Kier molecular flexibility index (Phi) is 1.91. The lowest BCUT2D eigenvalue weighted by molar-refractivity contribution is 0.179. The van der Waals surface area contributed by atoms with Crippen LogP contribution in [-0.2, 0) is 0 Å². The topological polar surface area (TPSA) is 89.3 Å². The van der Waals surface area contributed by atoms with Gasteiger partial charge in [0.25, 0.3) is 5.78 Å². The van der Waals surface area contributed by atoms with Crippen LogP contribution in [0.25, 0.3) is 5.78 Å². The lowest BCUT2D eigenvalue weighted by atomic mass is 10.3. The Labute approximate surface area is 74.0 Å². The molecule has 0 saturated carbocycles. The Morgan fingerprint density at radius 2 is 2.31 bits per heavy atom. The molecule has 68 valence electrons. The Hall–Kier alpha value is -1.53. The van der Waals surface area contributed by atoms with Crippen molar-refractivity contribution < 1.29 is 5.11 Å². The zero-order valence-corrected chi connectivity index (χ0v) is 6.83. The summed E-state index contributed by atoms with van der Waals surface area (Å²) in [6.07, 6.45) is 3.85. The normalized spacial score (nSPS) is 13.4. The van der Waals surface area contributed by atoms with Crippen LogP contribution < -0.4 is 5.73 Å². The standard InChI is InChI=1S/C7H9N5O/c8-3-6(13)5-4-10-7-9-1-2-11-12(5)7/h1-2,4,6,13H,3,8H2. The highest BCUT2D eigenvalue weighted by molar-refractivity contribution is 5.28. The largest absolute Gasteiger partial charge is 0.385 e. The fraction of sp³-hybridized carbons (Fsp3) is 0.286. The van der Waals surface area contributed by atoms with Crippen molar-refractivity contribution in [3.8, 4) is 0 Å². The van der Waals surface area contributed by atoms with Gasteiger partial charge in [0.05, 0.1) is 24.3 Å². The zero-order valence-electron chi connectivity index (χ0n) is 6.83. The number of hydrogen-bond donors (Lipinski definition) is 2. The number of fused-ring (bicyclic) bond motifs is 1. The molecule has 0 spiro atoms. The first kappa shape index (κ1) is 8.09. The number of hydrogen-bond acceptors (Lipinski definition) is 5. The smallest absolute Gasteiger partial charge is 0.250 e. The molecule has 1 atom stereocenters. The molecule has 2 heterocycles. The van der Waals surface area contributed by atoms with E-state index in [1.807, 2.05) is 0 Å². The first-order valence-corrected chi connectivity index (χ1v) is 3.85. The molecule has 6 nitrogen and oxygen atoms in total. The maximum absolute atomic E-state index is 9.46. The summed E-state index contributed by atoms with van der Waals surface area (Å²) in [5.41, 5.74) is 5.88. The summed E-state index contributed by atoms with van der Waals surface area (Å²) in [6.45, 7) is 0.143. The lowest BCUT2D eigenvalue weighted by Gasteiger charge is -2.04. The van der Waals surface area contributed by atoms with Gasteiger partial charge in [0, 0.05) is 6.54 Å². The molecule has 1 unspecified atom stereocenters. The molecule has 0 fully saturated rings. The average molecular weight is 179 g/mol. The molecule has 0 aromatic carbocycles. The van der Waals surface area contributed by atoms with Crippen LogP contribution in [0.3, 0.4) is 0 Å². The number of nitrogens with two attached hydrogens (primary N) is 1. The number of rotatable bonds is 2. The Bertz CT molecular complexity index is 412. The summed E-state index contributed by atoms with van der Waals surface area (Å²) in [6, 6.07) is 0. The summed E-state index contributed by atoms with van der Waals surface area (Å²) >= 11 is 0. The summed E-state index contributed by atoms with van der Waals surface area (Å²) in [4.78, 5) is 7.92. The summed E-state index contributed by atoms with van der Waals surface area (Å²) in [5.74, 6) is 0.463. The van der Waals surface area contributed by atoms with Gasteiger partial charge in [0.1, 0.15) is 6.10 Å². The molecular weight excluding hydrogens is 170 g/mol. The molecule has 13 heavy (non-hydrogen) atoms. The predicted molar refractivity (Wildman–Crippen MR) is 44.8 cm³/mol. The Morgan fingerprint density at radius 3 is 3.08 bits per heavy atom. The van der Waals surface area contributed by atoms with E-state index in [1.54, 1.807) is 6.20 Å². The van der Waals surface area contributed by atoms with Crippen LogP contribution in [0.1, 0.15) is 11.8 Å². The van der Waals surface area contributed by atoms with Gasteiger partial charge in [-0.2, -0.15) is 9.61 Å². The van der Waals surface area contributed by atoms with Gasteiger partial charge in [-0.1, -0.05) is 0 Å². The minimum absolute atomic E-state index is 0.143. The minimum Gasteiger partial charge on any atom is -0.385 e. The van der Waals surface area contributed by atoms with E-state index >= 15 is 0 Å². The number of imidazole rings is 1. The van der Waals surface area contributed by atoms with Crippen LogP contribution in [0, 0.1) is 0 Å². The fourth-order valence-corrected chi connectivity index (χ4v) is 1.10. The van der Waals surface area contributed by atoms with Crippen molar-refractivity contribution in [1.29, 1.82) is 0 Å². The van der Waals surface area contributed by atoms with E-state index in [1.165, 1.54) is 16.9 Å². The molecule has 2 aromatic heterocycles. The van der Waals surface area contributed by atoms with Crippen molar-refractivity contribution in [1.82, 2.24) is 19.6 Å². The SMILES string of the molecule is NCC(O)c1cnc2nccnn12. The van der Waals surface area contributed by atoms with Crippen LogP contribution in [-0.4, -0.2) is 31.2 Å². The molecule has 3 N–H and O–H groups in total. The van der Waals surface area contributed by atoms with Crippen molar-refractivity contribution in [3.05, 3.63) is 24.3 Å². The second kappa shape index (κ2) is 3.08. The van der Waals surface area contributed by atoms with Crippen LogP contribution >= 0.6 is 0 Å². The Morgan fingerprint density at radius 1 is 1.46 bits per heavy atom. The number of aliphatic hydroxyl groups excluding tert-OH is 1. The molecule has 0 aliphatic rings. The Balaban J connectivity index is 2.57. The molecule has 0 radical (unpaired) electrons. The first-order chi connectivity index (χ1) is 6.33. The number of aliphatic hydroxyl groups is 1. The van der Waals surface area contributed by atoms with E-state index in [0.717, 1.165) is 0 Å². The summed E-state index contributed by atoms with van der Waals surface area (Å²) < 4.78 is 1.47. The molecular formula is C7H9N5O. The van der Waals surface area contributed by atoms with Gasteiger partial charge in [-0.05, 0) is 0 Å². The number of nitrogens with zero attached hydrogens (tertiary/aromatic N) is 4. The van der Waals surface area contributed by atoms with Crippen LogP contribution in [0.5, 0.6) is 0 Å². The second-order valence-corrected chi connectivity index (χ2v) is 2.59. The predicted octanol–water partition coefficient (Wildman–Crippen LogP) is -0.884. The van der Waals surface area contributed by atoms with Gasteiger partial charge in [-0.15, -0.1) is 0 Å². The number of aromatic nitrogens is 4. The van der Waals surface area contributed by atoms with Crippen molar-refractivity contribution in [2.45, 2.75) is 6.10 Å². The first-order valence-electron chi connectivity index (χ1n) is 3.85. The van der Waals surface area contributed by atoms with Crippen LogP contribution in [0.4, 0.5) is 0 Å². The fourth-order valence-electron chi connectivity index (χ4n) is 1.10. The third-order valence-electron chi connectivity index (χ3n) is 1.75. The van der Waals surface area contributed by atoms with Gasteiger partial charge in [0.15, 0.2) is 0 Å². The van der Waals surface area contributed by atoms with Crippen molar-refractivity contribution in [2.75, 3.05) is 6.54 Å². The maximum Gasteiger partial charge on any atom is 0.250 e. The zero-order chi connectivity index (χ0) is 9.26. The van der Waals surface area contributed by atoms with E-state index in [4.69, 9.17) is 5.73 Å². The van der Waals surface area contributed by atoms with Crippen molar-refractivity contribution >= 4 is 5.78 Å². The van der Waals surface area contributed by atoms with E-state index in [2.05, 4.69) is 15.1 Å². The van der Waals surface area contributed by atoms with Crippen LogP contribution in [0.15, 0.2) is 18.6 Å². The third-order valence-corrected chi connectivity index (χ3v) is 1.75. The molecule has 0 saturated heterocycles. The van der Waals surface area contributed by atoms with E-state index < -0.39 is 6.10 Å². The molecule has 0 amide bonds. The molecule has 0 aliphatic carbocycles. The molecule has 2 rings (SSSR count). The summed E-state index contributed by atoms with van der Waals surface area (Å²) in [5, 5.41) is 13.4. The molecule has 0 aliphatic heterocycles. The monoisotopic (exact) mass is 179 g/mol. The minimum atomic E-state index is -0.744. The van der Waals surface area contributed by atoms with E-state index in [-0.39, 0.29) is 6.54 Å². The molecule has 2 aromatic rings. The highest BCUT2D eigenvalue weighted by Gasteiger charge is 2.11. The molecule has 0 bridgehead atoms. The summed E-state index contributed by atoms with van der Waals surface area (Å²) in [7, 11) is 0. The quantitative estimate of drug-likeness (QED) is 0.624. The highest BCUT2D eigenvalue weighted by atomic mass is 16.3. The van der Waals surface area contributed by atoms with Gasteiger partial charge in [-0.25, -0.2) is 9.97 Å². The third kappa shape index (κ3) is 1.25. The molecule has 6 heteroatoms. The van der Waals surface area contributed by atoms with Gasteiger partial charge in [-0.3, -0.25) is 0 Å². The van der Waals surface area contributed by atoms with Gasteiger partial charge >= 0.3 is 0 Å². The second-order valence-electron chi connectivity index (χ2n) is 2.59. The van der Waals surface area contributed by atoms with E-state index in [0.29, 0.717) is 11.5 Å². The average Bonchev–Trinajstić information content (AvgIpc) is 2.60.